The van der Waals surface area contributed by atoms with Crippen molar-refractivity contribution in [3.8, 4) is 17.0 Å². The number of nitrogens with one attached hydrogen (secondary N) is 1. The first kappa shape index (κ1) is 18.9. The molecular formula is C21H19N5O2S. The van der Waals surface area contributed by atoms with Crippen LogP contribution in [0.3, 0.4) is 0 Å². The second kappa shape index (κ2) is 8.74. The SMILES string of the molecule is COc1cccc(-c2ccc3nnc(SCC(=O)NCc4ccccc4)n3n2)c1. The Bertz CT molecular complexity index is 1130. The van der Waals surface area contributed by atoms with Crippen LogP contribution in [0.4, 0.5) is 0 Å². The van der Waals surface area contributed by atoms with Crippen LogP contribution in [-0.4, -0.2) is 38.6 Å². The largest absolute Gasteiger partial charge is 0.497 e. The first-order valence-corrected chi connectivity index (χ1v) is 10.0. The van der Waals surface area contributed by atoms with Gasteiger partial charge in [0.2, 0.25) is 11.1 Å². The van der Waals surface area contributed by atoms with Crippen LogP contribution in [-0.2, 0) is 11.3 Å². The lowest BCUT2D eigenvalue weighted by Crippen LogP contribution is -2.24. The maximum absolute atomic E-state index is 12.2. The Kier molecular flexibility index (Phi) is 5.71. The van der Waals surface area contributed by atoms with E-state index in [0.29, 0.717) is 17.3 Å². The minimum atomic E-state index is -0.0699. The van der Waals surface area contributed by atoms with Gasteiger partial charge in [-0.3, -0.25) is 4.79 Å². The first-order chi connectivity index (χ1) is 14.2. The van der Waals surface area contributed by atoms with Gasteiger partial charge in [0.25, 0.3) is 0 Å². The first-order valence-electron chi connectivity index (χ1n) is 9.03. The second-order valence-electron chi connectivity index (χ2n) is 6.25. The van der Waals surface area contributed by atoms with Gasteiger partial charge in [-0.1, -0.05) is 54.2 Å². The molecule has 29 heavy (non-hydrogen) atoms. The van der Waals surface area contributed by atoms with Gasteiger partial charge in [0.1, 0.15) is 5.75 Å². The van der Waals surface area contributed by atoms with Gasteiger partial charge < -0.3 is 10.1 Å². The molecule has 0 aliphatic rings. The highest BCUT2D eigenvalue weighted by Crippen LogP contribution is 2.23. The molecule has 0 unspecified atom stereocenters. The summed E-state index contributed by atoms with van der Waals surface area (Å²) in [7, 11) is 1.63. The zero-order chi connectivity index (χ0) is 20.1. The predicted molar refractivity (Wildman–Crippen MR) is 112 cm³/mol. The fourth-order valence-corrected chi connectivity index (χ4v) is 3.49. The molecule has 0 spiro atoms. The highest BCUT2D eigenvalue weighted by Gasteiger charge is 2.12. The Morgan fingerprint density at radius 2 is 1.93 bits per heavy atom. The number of methoxy groups -OCH3 is 1. The van der Waals surface area contributed by atoms with Crippen molar-refractivity contribution in [2.45, 2.75) is 11.7 Å². The van der Waals surface area contributed by atoms with Crippen molar-refractivity contribution in [1.82, 2.24) is 25.1 Å². The third-order valence-corrected chi connectivity index (χ3v) is 5.18. The van der Waals surface area contributed by atoms with Crippen LogP contribution in [0.1, 0.15) is 5.56 Å². The average molecular weight is 405 g/mol. The molecule has 7 nitrogen and oxygen atoms in total. The Morgan fingerprint density at radius 3 is 2.76 bits per heavy atom. The molecule has 1 N–H and O–H groups in total. The molecule has 4 aromatic rings. The third-order valence-electron chi connectivity index (χ3n) is 4.26. The van der Waals surface area contributed by atoms with E-state index in [9.17, 15) is 4.79 Å². The van der Waals surface area contributed by atoms with Crippen LogP contribution in [0, 0.1) is 0 Å². The summed E-state index contributed by atoms with van der Waals surface area (Å²) in [5, 5.41) is 16.4. The van der Waals surface area contributed by atoms with Gasteiger partial charge in [0.05, 0.1) is 18.6 Å². The Morgan fingerprint density at radius 1 is 1.07 bits per heavy atom. The number of hydrogen-bond acceptors (Lipinski definition) is 6. The van der Waals surface area contributed by atoms with E-state index in [4.69, 9.17) is 4.74 Å². The third kappa shape index (κ3) is 4.55. The lowest BCUT2D eigenvalue weighted by Gasteiger charge is -2.06. The molecule has 0 radical (unpaired) electrons. The molecule has 2 aromatic heterocycles. The van der Waals surface area contributed by atoms with Crippen molar-refractivity contribution in [2.24, 2.45) is 0 Å². The highest BCUT2D eigenvalue weighted by molar-refractivity contribution is 7.99. The van der Waals surface area contributed by atoms with Crippen LogP contribution >= 0.6 is 11.8 Å². The van der Waals surface area contributed by atoms with Gasteiger partial charge in [-0.25, -0.2) is 0 Å². The summed E-state index contributed by atoms with van der Waals surface area (Å²) in [6.07, 6.45) is 0. The monoisotopic (exact) mass is 405 g/mol. The molecule has 146 valence electrons. The zero-order valence-corrected chi connectivity index (χ0v) is 16.6. The second-order valence-corrected chi connectivity index (χ2v) is 7.20. The van der Waals surface area contributed by atoms with Crippen molar-refractivity contribution >= 4 is 23.3 Å². The molecule has 0 saturated carbocycles. The number of carbonyl (C=O) groups is 1. The summed E-state index contributed by atoms with van der Waals surface area (Å²) in [4.78, 5) is 12.2. The lowest BCUT2D eigenvalue weighted by atomic mass is 10.1. The minimum absolute atomic E-state index is 0.0699. The summed E-state index contributed by atoms with van der Waals surface area (Å²) >= 11 is 1.30. The minimum Gasteiger partial charge on any atom is -0.497 e. The quantitative estimate of drug-likeness (QED) is 0.476. The maximum atomic E-state index is 12.2. The molecule has 0 saturated heterocycles. The van der Waals surface area contributed by atoms with E-state index in [1.54, 1.807) is 11.6 Å². The molecule has 1 amide bonds. The highest BCUT2D eigenvalue weighted by atomic mass is 32.2. The van der Waals surface area contributed by atoms with Crippen LogP contribution in [0.2, 0.25) is 0 Å². The molecule has 0 atom stereocenters. The molecule has 0 aliphatic heterocycles. The molecule has 0 bridgehead atoms. The van der Waals surface area contributed by atoms with Crippen LogP contribution < -0.4 is 10.1 Å². The van der Waals surface area contributed by atoms with Crippen molar-refractivity contribution in [3.05, 3.63) is 72.3 Å². The van der Waals surface area contributed by atoms with Crippen molar-refractivity contribution < 1.29 is 9.53 Å². The van der Waals surface area contributed by atoms with Gasteiger partial charge in [-0.15, -0.1) is 10.2 Å². The van der Waals surface area contributed by atoms with E-state index in [0.717, 1.165) is 22.6 Å². The standard InChI is InChI=1S/C21H19N5O2S/c1-28-17-9-5-8-16(12-17)18-10-11-19-23-24-21(26(19)25-18)29-14-20(27)22-13-15-6-3-2-4-7-15/h2-12H,13-14H2,1H3,(H,22,27). The fourth-order valence-electron chi connectivity index (χ4n) is 2.77. The van der Waals surface area contributed by atoms with E-state index in [1.807, 2.05) is 66.7 Å². The number of aromatic nitrogens is 4. The molecular weight excluding hydrogens is 386 g/mol. The summed E-state index contributed by atoms with van der Waals surface area (Å²) in [6.45, 7) is 0.499. The topological polar surface area (TPSA) is 81.4 Å². The average Bonchev–Trinajstić information content (AvgIpc) is 3.19. The Labute approximate surface area is 172 Å². The number of benzene rings is 2. The number of rotatable bonds is 7. The van der Waals surface area contributed by atoms with Gasteiger partial charge in [-0.05, 0) is 29.8 Å². The molecule has 2 aromatic carbocycles. The number of hydrogen-bond donors (Lipinski definition) is 1. The van der Waals surface area contributed by atoms with Crippen LogP contribution in [0.25, 0.3) is 16.9 Å². The van der Waals surface area contributed by atoms with Crippen LogP contribution in [0.5, 0.6) is 5.75 Å². The number of amides is 1. The number of nitrogens with zero attached hydrogens (tertiary/aromatic N) is 4. The fraction of sp³-hybridized carbons (Fsp3) is 0.143. The molecule has 2 heterocycles. The van der Waals surface area contributed by atoms with Crippen LogP contribution in [0.15, 0.2) is 71.9 Å². The Balaban J connectivity index is 1.45. The summed E-state index contributed by atoms with van der Waals surface area (Å²) in [5.74, 6) is 0.927. The van der Waals surface area contributed by atoms with E-state index >= 15 is 0 Å². The van der Waals surface area contributed by atoms with E-state index in [-0.39, 0.29) is 11.7 Å². The summed E-state index contributed by atoms with van der Waals surface area (Å²) in [5.41, 5.74) is 3.38. The molecule has 8 heteroatoms. The zero-order valence-electron chi connectivity index (χ0n) is 15.8. The number of ether oxygens (including phenoxy) is 1. The normalized spacial score (nSPS) is 10.8. The van der Waals surface area contributed by atoms with Crippen molar-refractivity contribution in [3.63, 3.8) is 0 Å². The molecule has 0 fully saturated rings. The van der Waals surface area contributed by atoms with E-state index in [2.05, 4.69) is 20.6 Å². The summed E-state index contributed by atoms with van der Waals surface area (Å²) in [6, 6.07) is 21.2. The van der Waals surface area contributed by atoms with E-state index in [1.165, 1.54) is 11.8 Å². The van der Waals surface area contributed by atoms with Gasteiger partial charge >= 0.3 is 0 Å². The smallest absolute Gasteiger partial charge is 0.230 e. The molecule has 4 rings (SSSR count). The van der Waals surface area contributed by atoms with Gasteiger partial charge in [-0.2, -0.15) is 9.61 Å². The maximum Gasteiger partial charge on any atom is 0.230 e. The summed E-state index contributed by atoms with van der Waals surface area (Å²) < 4.78 is 6.94. The van der Waals surface area contributed by atoms with Gasteiger partial charge in [0, 0.05) is 12.1 Å². The number of carbonyl (C=O) groups excluding carboxylic acids is 1. The lowest BCUT2D eigenvalue weighted by molar-refractivity contribution is -0.118. The van der Waals surface area contributed by atoms with Gasteiger partial charge in [0.15, 0.2) is 5.65 Å². The van der Waals surface area contributed by atoms with E-state index < -0.39 is 0 Å². The molecule has 0 aliphatic carbocycles. The van der Waals surface area contributed by atoms with Crippen molar-refractivity contribution in [1.29, 1.82) is 0 Å². The predicted octanol–water partition coefficient (Wildman–Crippen LogP) is 3.21. The van der Waals surface area contributed by atoms with Crippen molar-refractivity contribution in [2.75, 3.05) is 12.9 Å². The number of thioether (sulfide) groups is 1. The number of fused-ring (bicyclic) bond motifs is 1. The Hall–Kier alpha value is -3.39.